The van der Waals surface area contributed by atoms with E-state index in [1.165, 1.54) is 47.0 Å². The predicted molar refractivity (Wildman–Crippen MR) is 156 cm³/mol. The van der Waals surface area contributed by atoms with Crippen molar-refractivity contribution in [2.24, 2.45) is 7.05 Å². The number of nitrogens with zero attached hydrogens (tertiary/aromatic N) is 5. The lowest BCUT2D eigenvalue weighted by Gasteiger charge is -2.07. The zero-order valence-electron chi connectivity index (χ0n) is 21.1. The first kappa shape index (κ1) is 27.5. The third-order valence-electron chi connectivity index (χ3n) is 5.53. The number of hydrogen-bond acceptors (Lipinski definition) is 9. The summed E-state index contributed by atoms with van der Waals surface area (Å²) in [4.78, 5) is 24.9. The fourth-order valence-electron chi connectivity index (χ4n) is 3.52. The molecule has 0 aliphatic rings. The van der Waals surface area contributed by atoms with E-state index in [2.05, 4.69) is 31.0 Å². The maximum Gasteiger partial charge on any atom is 0.255 e. The van der Waals surface area contributed by atoms with E-state index in [-0.39, 0.29) is 23.4 Å². The molecule has 0 atom stereocenters. The van der Waals surface area contributed by atoms with Crippen molar-refractivity contribution < 1.29 is 14.0 Å². The molecular formula is C27H22FN7O2S3. The van der Waals surface area contributed by atoms with E-state index in [0.717, 1.165) is 11.1 Å². The Balaban J connectivity index is 1.11. The van der Waals surface area contributed by atoms with Gasteiger partial charge < -0.3 is 9.88 Å². The molecular weight excluding hydrogens is 570 g/mol. The molecule has 5 aromatic rings. The van der Waals surface area contributed by atoms with Crippen molar-refractivity contribution in [2.75, 3.05) is 16.4 Å². The molecule has 0 unspecified atom stereocenters. The highest BCUT2D eigenvalue weighted by atomic mass is 32.2. The molecule has 9 nitrogen and oxygen atoms in total. The summed E-state index contributed by atoms with van der Waals surface area (Å²) in [6, 6.07) is 22.6. The highest BCUT2D eigenvalue weighted by molar-refractivity contribution is 8.00. The predicted octanol–water partition coefficient (Wildman–Crippen LogP) is 5.75. The largest absolute Gasteiger partial charge is 0.322 e. The number of halogens is 1. The minimum absolute atomic E-state index is 0.119. The van der Waals surface area contributed by atoms with Crippen molar-refractivity contribution in [1.82, 2.24) is 25.0 Å². The van der Waals surface area contributed by atoms with Gasteiger partial charge in [0, 0.05) is 29.6 Å². The van der Waals surface area contributed by atoms with Crippen LogP contribution in [0.4, 0.5) is 15.2 Å². The van der Waals surface area contributed by atoms with Crippen LogP contribution in [0.2, 0.25) is 0 Å². The van der Waals surface area contributed by atoms with Crippen molar-refractivity contribution in [3.8, 4) is 11.4 Å². The molecule has 2 amide bonds. The minimum Gasteiger partial charge on any atom is -0.322 e. The molecule has 2 N–H and O–H groups in total. The lowest BCUT2D eigenvalue weighted by molar-refractivity contribution is -0.113. The molecule has 13 heteroatoms. The van der Waals surface area contributed by atoms with Gasteiger partial charge in [0.1, 0.15) is 5.82 Å². The standard InChI is InChI=1S/C27H22FN7O2S3/c1-35-23(18-9-13-21(14-10-18)29-24(37)19-5-3-2-4-6-19)31-33-26(35)38-16-22(36)30-25-32-34-27(40-25)39-15-17-7-11-20(28)12-8-17/h2-14H,15-16H2,1H3,(H,29,37)(H,30,32,36). The first-order valence-electron chi connectivity index (χ1n) is 11.9. The molecule has 0 aliphatic carbocycles. The van der Waals surface area contributed by atoms with E-state index in [1.54, 1.807) is 36.4 Å². The summed E-state index contributed by atoms with van der Waals surface area (Å²) in [5.74, 6) is 0.685. The van der Waals surface area contributed by atoms with Gasteiger partial charge in [-0.05, 0) is 54.1 Å². The van der Waals surface area contributed by atoms with Gasteiger partial charge >= 0.3 is 0 Å². The monoisotopic (exact) mass is 591 g/mol. The maximum atomic E-state index is 13.1. The minimum atomic E-state index is -0.273. The Hall–Kier alpha value is -4.07. The highest BCUT2D eigenvalue weighted by Crippen LogP contribution is 2.29. The molecule has 40 heavy (non-hydrogen) atoms. The molecule has 5 rings (SSSR count). The Morgan fingerprint density at radius 2 is 1.62 bits per heavy atom. The SMILES string of the molecule is Cn1c(SCC(=O)Nc2nnc(SCc3ccc(F)cc3)s2)nnc1-c1ccc(NC(=O)c2ccccc2)cc1. The number of carbonyl (C=O) groups excluding carboxylic acids is 2. The van der Waals surface area contributed by atoms with Gasteiger partial charge in [-0.25, -0.2) is 4.39 Å². The number of rotatable bonds is 10. The number of anilines is 2. The quantitative estimate of drug-likeness (QED) is 0.156. The average Bonchev–Trinajstić information content (AvgIpc) is 3.58. The molecule has 2 aromatic heterocycles. The molecule has 0 saturated heterocycles. The molecule has 0 bridgehead atoms. The lowest BCUT2D eigenvalue weighted by atomic mass is 10.1. The van der Waals surface area contributed by atoms with Gasteiger partial charge in [0.05, 0.1) is 5.75 Å². The topological polar surface area (TPSA) is 115 Å². The fourth-order valence-corrected chi connectivity index (χ4v) is 5.95. The molecule has 0 spiro atoms. The molecule has 0 fully saturated rings. The number of nitrogens with one attached hydrogen (secondary N) is 2. The summed E-state index contributed by atoms with van der Waals surface area (Å²) in [6.07, 6.45) is 0. The van der Waals surface area contributed by atoms with Crippen LogP contribution in [0.15, 0.2) is 88.4 Å². The first-order valence-corrected chi connectivity index (χ1v) is 14.7. The Morgan fingerprint density at radius 1 is 0.875 bits per heavy atom. The van der Waals surface area contributed by atoms with E-state index in [9.17, 15) is 14.0 Å². The van der Waals surface area contributed by atoms with Gasteiger partial charge in [0.15, 0.2) is 15.3 Å². The third-order valence-corrected chi connectivity index (χ3v) is 8.60. The van der Waals surface area contributed by atoms with Crippen molar-refractivity contribution in [2.45, 2.75) is 15.2 Å². The van der Waals surface area contributed by atoms with E-state index in [0.29, 0.717) is 37.5 Å². The third kappa shape index (κ3) is 7.11. The van der Waals surface area contributed by atoms with Crippen LogP contribution in [-0.2, 0) is 17.6 Å². The molecule has 0 saturated carbocycles. The Kier molecular flexibility index (Phi) is 8.84. The summed E-state index contributed by atoms with van der Waals surface area (Å²) in [6.45, 7) is 0. The molecule has 3 aromatic carbocycles. The van der Waals surface area contributed by atoms with Crippen molar-refractivity contribution in [3.63, 3.8) is 0 Å². The summed E-state index contributed by atoms with van der Waals surface area (Å²) in [7, 11) is 1.83. The summed E-state index contributed by atoms with van der Waals surface area (Å²) in [5, 5.41) is 23.2. The maximum absolute atomic E-state index is 13.1. The van der Waals surface area contributed by atoms with E-state index < -0.39 is 0 Å². The van der Waals surface area contributed by atoms with Gasteiger partial charge in [-0.2, -0.15) is 0 Å². The van der Waals surface area contributed by atoms with Gasteiger partial charge in [-0.15, -0.1) is 20.4 Å². The van der Waals surface area contributed by atoms with Crippen LogP contribution in [0.3, 0.4) is 0 Å². The van der Waals surface area contributed by atoms with Crippen LogP contribution in [0, 0.1) is 5.82 Å². The second kappa shape index (κ2) is 12.9. The summed E-state index contributed by atoms with van der Waals surface area (Å²) in [5.41, 5.74) is 3.04. The number of thioether (sulfide) groups is 2. The van der Waals surface area contributed by atoms with Crippen molar-refractivity contribution >= 4 is 57.5 Å². The second-order valence-electron chi connectivity index (χ2n) is 8.39. The van der Waals surface area contributed by atoms with E-state index in [1.807, 2.05) is 41.9 Å². The van der Waals surface area contributed by atoms with Crippen LogP contribution >= 0.6 is 34.9 Å². The first-order chi connectivity index (χ1) is 19.4. The normalized spacial score (nSPS) is 10.8. The molecule has 2 heterocycles. The molecule has 202 valence electrons. The van der Waals surface area contributed by atoms with Crippen molar-refractivity contribution in [1.29, 1.82) is 0 Å². The zero-order valence-corrected chi connectivity index (χ0v) is 23.5. The van der Waals surface area contributed by atoms with E-state index >= 15 is 0 Å². The summed E-state index contributed by atoms with van der Waals surface area (Å²) < 4.78 is 15.6. The van der Waals surface area contributed by atoms with Crippen LogP contribution < -0.4 is 10.6 Å². The number of benzene rings is 3. The van der Waals surface area contributed by atoms with Gasteiger partial charge in [-0.3, -0.25) is 14.9 Å². The number of hydrogen-bond donors (Lipinski definition) is 2. The average molecular weight is 592 g/mol. The molecule has 0 radical (unpaired) electrons. The number of aromatic nitrogens is 5. The highest BCUT2D eigenvalue weighted by Gasteiger charge is 2.15. The van der Waals surface area contributed by atoms with Crippen LogP contribution in [0.25, 0.3) is 11.4 Å². The van der Waals surface area contributed by atoms with E-state index in [4.69, 9.17) is 0 Å². The number of amides is 2. The Labute approximate surface area is 241 Å². The van der Waals surface area contributed by atoms with Gasteiger partial charge in [0.2, 0.25) is 11.0 Å². The van der Waals surface area contributed by atoms with Gasteiger partial charge in [-0.1, -0.05) is 65.2 Å². The smallest absolute Gasteiger partial charge is 0.255 e. The van der Waals surface area contributed by atoms with Crippen LogP contribution in [0.1, 0.15) is 15.9 Å². The fraction of sp³-hybridized carbons (Fsp3) is 0.111. The lowest BCUT2D eigenvalue weighted by Crippen LogP contribution is -2.14. The second-order valence-corrected chi connectivity index (χ2v) is 11.5. The Bertz CT molecular complexity index is 1610. The van der Waals surface area contributed by atoms with Crippen molar-refractivity contribution in [3.05, 3.63) is 95.8 Å². The number of carbonyl (C=O) groups is 2. The van der Waals surface area contributed by atoms with Crippen LogP contribution in [-0.4, -0.2) is 42.5 Å². The Morgan fingerprint density at radius 3 is 2.38 bits per heavy atom. The van der Waals surface area contributed by atoms with Crippen LogP contribution in [0.5, 0.6) is 0 Å². The zero-order chi connectivity index (χ0) is 27.9. The molecule has 0 aliphatic heterocycles. The summed E-state index contributed by atoms with van der Waals surface area (Å²) >= 11 is 4.00. The van der Waals surface area contributed by atoms with Gasteiger partial charge in [0.25, 0.3) is 5.91 Å².